The van der Waals surface area contributed by atoms with Crippen LogP contribution in [0.3, 0.4) is 0 Å². The molecule has 7 nitrogen and oxygen atoms in total. The van der Waals surface area contributed by atoms with Crippen LogP contribution in [0.4, 0.5) is 26.7 Å². The summed E-state index contributed by atoms with van der Waals surface area (Å²) in [5.41, 5.74) is 3.64. The number of aliphatic carboxylic acids is 1. The molecule has 188 valence electrons. The maximum atomic E-state index is 13.4. The number of carbonyl (C=O) groups excluding carboxylic acids is 2. The van der Waals surface area contributed by atoms with Crippen LogP contribution in [0.2, 0.25) is 0 Å². The Balaban J connectivity index is 1.61. The van der Waals surface area contributed by atoms with Crippen LogP contribution in [0.25, 0.3) is 11.1 Å². The van der Waals surface area contributed by atoms with E-state index in [1.807, 2.05) is 48.5 Å². The molecule has 0 saturated carbocycles. The van der Waals surface area contributed by atoms with E-state index >= 15 is 0 Å². The van der Waals surface area contributed by atoms with Crippen molar-refractivity contribution in [3.05, 3.63) is 59.7 Å². The number of nitrogens with one attached hydrogen (secondary N) is 2. The zero-order chi connectivity index (χ0) is 25.8. The van der Waals surface area contributed by atoms with E-state index in [0.29, 0.717) is 0 Å². The van der Waals surface area contributed by atoms with Crippen LogP contribution < -0.4 is 10.6 Å². The van der Waals surface area contributed by atoms with E-state index in [2.05, 4.69) is 0 Å². The number of alkyl halides is 5. The van der Waals surface area contributed by atoms with Crippen LogP contribution in [0.5, 0.6) is 0 Å². The maximum Gasteiger partial charge on any atom is 0.409 e. The molecule has 0 bridgehead atoms. The van der Waals surface area contributed by atoms with Crippen molar-refractivity contribution in [2.24, 2.45) is 0 Å². The van der Waals surface area contributed by atoms with E-state index < -0.39 is 55.5 Å². The zero-order valence-electron chi connectivity index (χ0n) is 18.0. The number of ether oxygens (including phenoxy) is 1. The predicted octanol–water partition coefficient (Wildman–Crippen LogP) is 4.07. The summed E-state index contributed by atoms with van der Waals surface area (Å²) in [7, 11) is 0. The van der Waals surface area contributed by atoms with Crippen molar-refractivity contribution in [2.75, 3.05) is 6.61 Å². The van der Waals surface area contributed by atoms with E-state index in [1.54, 1.807) is 5.32 Å². The van der Waals surface area contributed by atoms with Crippen LogP contribution in [0.1, 0.15) is 29.9 Å². The Morgan fingerprint density at radius 1 is 0.914 bits per heavy atom. The average molecular weight is 500 g/mol. The number of benzene rings is 2. The molecule has 0 fully saturated rings. The molecule has 2 aromatic rings. The highest BCUT2D eigenvalue weighted by atomic mass is 19.4. The lowest BCUT2D eigenvalue weighted by atomic mass is 9.98. The Morgan fingerprint density at radius 3 is 1.94 bits per heavy atom. The second kappa shape index (κ2) is 10.7. The standard InChI is InChI=1S/C23H21F5N2O5/c24-21(25)17(9-19(31)30-18(10-20(32)33)23(26,27)28)29-22(34)35-11-16-14-7-3-1-5-12(14)13-6-2-4-8-15(13)16/h1-8,16-18,21H,9-11H2,(H,29,34)(H,30,31)(H,32,33). The third-order valence-electron chi connectivity index (χ3n) is 5.47. The molecule has 2 unspecified atom stereocenters. The van der Waals surface area contributed by atoms with Crippen LogP contribution in [-0.4, -0.2) is 54.4 Å². The summed E-state index contributed by atoms with van der Waals surface area (Å²) < 4.78 is 70.5. The Morgan fingerprint density at radius 2 is 1.46 bits per heavy atom. The molecule has 1 aliphatic carbocycles. The van der Waals surface area contributed by atoms with Gasteiger partial charge in [-0.3, -0.25) is 9.59 Å². The number of hydrogen-bond donors (Lipinski definition) is 3. The number of alkyl carbamates (subject to hydrolysis) is 1. The molecule has 0 spiro atoms. The number of hydrogen-bond acceptors (Lipinski definition) is 4. The van der Waals surface area contributed by atoms with Gasteiger partial charge in [-0.15, -0.1) is 0 Å². The van der Waals surface area contributed by atoms with Crippen molar-refractivity contribution in [2.45, 2.75) is 43.4 Å². The third kappa shape index (κ3) is 6.46. The number of fused-ring (bicyclic) bond motifs is 3. The fraction of sp³-hybridized carbons (Fsp3) is 0.348. The molecule has 2 aromatic carbocycles. The average Bonchev–Trinajstić information content (AvgIpc) is 3.09. The second-order valence-electron chi connectivity index (χ2n) is 7.87. The molecule has 12 heteroatoms. The Kier molecular flexibility index (Phi) is 7.92. The van der Waals surface area contributed by atoms with Gasteiger partial charge in [0.15, 0.2) is 0 Å². The fourth-order valence-corrected chi connectivity index (χ4v) is 3.87. The van der Waals surface area contributed by atoms with E-state index in [-0.39, 0.29) is 12.5 Å². The fourth-order valence-electron chi connectivity index (χ4n) is 3.87. The number of halogens is 5. The molecule has 3 N–H and O–H groups in total. The largest absolute Gasteiger partial charge is 0.481 e. The van der Waals surface area contributed by atoms with Gasteiger partial charge in [0.05, 0.1) is 12.8 Å². The monoisotopic (exact) mass is 500 g/mol. The molecule has 2 atom stereocenters. The summed E-state index contributed by atoms with van der Waals surface area (Å²) in [6, 6.07) is 9.90. The molecule has 35 heavy (non-hydrogen) atoms. The highest BCUT2D eigenvalue weighted by Gasteiger charge is 2.42. The van der Waals surface area contributed by atoms with Crippen molar-refractivity contribution < 1.29 is 46.2 Å². The first-order valence-electron chi connectivity index (χ1n) is 10.4. The summed E-state index contributed by atoms with van der Waals surface area (Å²) in [6.07, 6.45) is -12.4. The van der Waals surface area contributed by atoms with Gasteiger partial charge < -0.3 is 20.5 Å². The Bertz CT molecular complexity index is 1050. The topological polar surface area (TPSA) is 105 Å². The highest BCUT2D eigenvalue weighted by Crippen LogP contribution is 2.44. The van der Waals surface area contributed by atoms with E-state index in [9.17, 15) is 36.3 Å². The number of carboxylic acids is 1. The van der Waals surface area contributed by atoms with Crippen LogP contribution in [-0.2, 0) is 14.3 Å². The molecular formula is C23H21F5N2O5. The lowest BCUT2D eigenvalue weighted by Crippen LogP contribution is -2.50. The zero-order valence-corrected chi connectivity index (χ0v) is 18.0. The molecule has 1 aliphatic rings. The Labute approximate surface area is 196 Å². The molecule has 0 radical (unpaired) electrons. The van der Waals surface area contributed by atoms with Crippen molar-refractivity contribution in [3.8, 4) is 11.1 Å². The summed E-state index contributed by atoms with van der Waals surface area (Å²) in [4.78, 5) is 34.7. The second-order valence-corrected chi connectivity index (χ2v) is 7.87. The van der Waals surface area contributed by atoms with Crippen LogP contribution in [0, 0.1) is 0 Å². The molecule has 0 saturated heterocycles. The van der Waals surface area contributed by atoms with E-state index in [0.717, 1.165) is 22.3 Å². The molecular weight excluding hydrogens is 479 g/mol. The van der Waals surface area contributed by atoms with Gasteiger partial charge in [0.25, 0.3) is 6.43 Å². The summed E-state index contributed by atoms with van der Waals surface area (Å²) >= 11 is 0. The number of amides is 2. The van der Waals surface area contributed by atoms with Gasteiger partial charge in [-0.1, -0.05) is 48.5 Å². The molecule has 0 aromatic heterocycles. The van der Waals surface area contributed by atoms with Crippen LogP contribution >= 0.6 is 0 Å². The normalized spacial score (nSPS) is 14.6. The number of rotatable bonds is 9. The van der Waals surface area contributed by atoms with Gasteiger partial charge >= 0.3 is 18.2 Å². The quantitative estimate of drug-likeness (QED) is 0.451. The molecule has 0 heterocycles. The minimum Gasteiger partial charge on any atom is -0.481 e. The van der Waals surface area contributed by atoms with Gasteiger partial charge in [0, 0.05) is 5.92 Å². The number of carboxylic acid groups (broad SMARTS) is 1. The summed E-state index contributed by atoms with van der Waals surface area (Å²) in [5.74, 6) is -3.70. The molecule has 3 rings (SSSR count). The van der Waals surface area contributed by atoms with Crippen molar-refractivity contribution >= 4 is 18.0 Å². The van der Waals surface area contributed by atoms with Gasteiger partial charge in [-0.05, 0) is 22.3 Å². The van der Waals surface area contributed by atoms with Gasteiger partial charge in [0.1, 0.15) is 18.7 Å². The highest BCUT2D eigenvalue weighted by molar-refractivity contribution is 5.80. The summed E-state index contributed by atoms with van der Waals surface area (Å²) in [6.45, 7) is -0.198. The molecule has 2 amide bonds. The lowest BCUT2D eigenvalue weighted by molar-refractivity contribution is -0.170. The minimum atomic E-state index is -5.10. The minimum absolute atomic E-state index is 0.198. The maximum absolute atomic E-state index is 13.4. The lowest BCUT2D eigenvalue weighted by Gasteiger charge is -2.22. The predicted molar refractivity (Wildman–Crippen MR) is 113 cm³/mol. The van der Waals surface area contributed by atoms with Crippen molar-refractivity contribution in [3.63, 3.8) is 0 Å². The first kappa shape index (κ1) is 25.9. The third-order valence-corrected chi connectivity index (χ3v) is 5.47. The van der Waals surface area contributed by atoms with E-state index in [4.69, 9.17) is 9.84 Å². The number of carbonyl (C=O) groups is 3. The van der Waals surface area contributed by atoms with Crippen molar-refractivity contribution in [1.82, 2.24) is 10.6 Å². The van der Waals surface area contributed by atoms with Crippen molar-refractivity contribution in [1.29, 1.82) is 0 Å². The first-order valence-corrected chi connectivity index (χ1v) is 10.4. The van der Waals surface area contributed by atoms with E-state index in [1.165, 1.54) is 5.32 Å². The van der Waals surface area contributed by atoms with Gasteiger partial charge in [0.2, 0.25) is 5.91 Å². The smallest absolute Gasteiger partial charge is 0.409 e. The van der Waals surface area contributed by atoms with Gasteiger partial charge in [-0.25, -0.2) is 13.6 Å². The molecule has 0 aliphatic heterocycles. The summed E-state index contributed by atoms with van der Waals surface area (Å²) in [5, 5.41) is 11.8. The van der Waals surface area contributed by atoms with Crippen LogP contribution in [0.15, 0.2) is 48.5 Å². The first-order chi connectivity index (χ1) is 16.5. The Hall–Kier alpha value is -3.70. The van der Waals surface area contributed by atoms with Gasteiger partial charge in [-0.2, -0.15) is 13.2 Å². The SMILES string of the molecule is O=C(O)CC(NC(=O)CC(NC(=O)OCC1c2ccccc2-c2ccccc21)C(F)F)C(F)(F)F.